The van der Waals surface area contributed by atoms with Crippen LogP contribution in [0.4, 0.5) is 0 Å². The third-order valence-electron chi connectivity index (χ3n) is 0. The molecule has 0 aliphatic heterocycles. The SMILES string of the molecule is [Al].[O-]B([O-])[O-].[Sc+3].[Y]. The molecule has 0 amide bonds. The van der Waals surface area contributed by atoms with Gasteiger partial charge in [-0.25, -0.2) is 0 Å². The summed E-state index contributed by atoms with van der Waals surface area (Å²) in [5, 5.41) is 25.2. The minimum Gasteiger partial charge on any atom is -0.907 e. The standard InChI is InChI=1S/Al.BO3.Sc.Y/c;2-1(3)4;;/q;-3;+3;. The zero-order chi connectivity index (χ0) is 3.58. The third kappa shape index (κ3) is 58.5. The molecule has 0 spiro atoms. The van der Waals surface area contributed by atoms with Gasteiger partial charge in [-0.15, -0.1) is 0 Å². The van der Waals surface area contributed by atoms with Crippen LogP contribution in [-0.2, 0) is 58.6 Å². The summed E-state index contributed by atoms with van der Waals surface area (Å²) in [5.41, 5.74) is 0. The molecule has 0 aromatic rings. The quantitative estimate of drug-likeness (QED) is 0.387. The summed E-state index contributed by atoms with van der Waals surface area (Å²) in [7, 11) is -2.92. The second-order valence-corrected chi connectivity index (χ2v) is 0.289. The maximum absolute atomic E-state index is 8.42. The van der Waals surface area contributed by atoms with E-state index in [1.807, 2.05) is 0 Å². The molecule has 0 aliphatic carbocycles. The Morgan fingerprint density at radius 2 is 1.00 bits per heavy atom. The second-order valence-electron chi connectivity index (χ2n) is 0.289. The molecule has 0 fully saturated rings. The topological polar surface area (TPSA) is 69.2 Å². The molecule has 0 saturated heterocycles. The van der Waals surface area contributed by atoms with Crippen molar-refractivity contribution in [2.75, 3.05) is 0 Å². The molecule has 0 N–H and O–H groups in total. The Balaban J connectivity index is -0.0000000150. The third-order valence-corrected chi connectivity index (χ3v) is 0. The van der Waals surface area contributed by atoms with E-state index in [2.05, 4.69) is 0 Å². The van der Waals surface area contributed by atoms with Crippen molar-refractivity contribution >= 4 is 24.7 Å². The Kier molecular flexibility index (Phi) is 51.2. The first-order chi connectivity index (χ1) is 1.73. The van der Waals surface area contributed by atoms with Crippen LogP contribution < -0.4 is 15.1 Å². The fourth-order valence-corrected chi connectivity index (χ4v) is 0. The molecule has 0 aromatic heterocycles. The Bertz CT molecular complexity index is 19.7. The van der Waals surface area contributed by atoms with Crippen LogP contribution in [0.15, 0.2) is 0 Å². The predicted octanol–water partition coefficient (Wildman–Crippen LogP) is -4.33. The van der Waals surface area contributed by atoms with Crippen LogP contribution in [0, 0.1) is 0 Å². The zero-order valence-electron chi connectivity index (χ0n) is 3.53. The van der Waals surface area contributed by atoms with Gasteiger partial charge >= 0.3 is 25.8 Å². The molecular formula is AlBO3ScY. The van der Waals surface area contributed by atoms with Crippen molar-refractivity contribution in [2.24, 2.45) is 0 Å². The van der Waals surface area contributed by atoms with E-state index in [0.717, 1.165) is 0 Å². The summed E-state index contributed by atoms with van der Waals surface area (Å²) in [6, 6.07) is 0. The van der Waals surface area contributed by atoms with E-state index in [1.54, 1.807) is 0 Å². The van der Waals surface area contributed by atoms with Crippen molar-refractivity contribution in [3.63, 3.8) is 0 Å². The van der Waals surface area contributed by atoms with Crippen LogP contribution >= 0.6 is 0 Å². The van der Waals surface area contributed by atoms with Gasteiger partial charge in [-0.1, -0.05) is 0 Å². The second kappa shape index (κ2) is 15.8. The molecule has 0 heterocycles. The molecule has 30 valence electrons. The molecule has 7 heavy (non-hydrogen) atoms. The van der Waals surface area contributed by atoms with E-state index in [0.29, 0.717) is 0 Å². The smallest absolute Gasteiger partial charge is 0.907 e. The largest absolute Gasteiger partial charge is 3.00 e. The molecule has 0 rings (SSSR count). The maximum atomic E-state index is 8.42. The normalized spacial score (nSPS) is 3.86. The maximum Gasteiger partial charge on any atom is 3.00 e. The average molecular weight is 220 g/mol. The molecule has 0 aliphatic rings. The van der Waals surface area contributed by atoms with Gasteiger partial charge in [0.2, 0.25) is 0 Å². The Labute approximate surface area is 96.8 Å². The van der Waals surface area contributed by atoms with Gasteiger partial charge in [0, 0.05) is 50.1 Å². The number of rotatable bonds is 0. The minimum atomic E-state index is -2.92. The summed E-state index contributed by atoms with van der Waals surface area (Å²) < 4.78 is 0. The predicted molar refractivity (Wildman–Crippen MR) is 11.5 cm³/mol. The van der Waals surface area contributed by atoms with Crippen LogP contribution in [0.25, 0.3) is 0 Å². The van der Waals surface area contributed by atoms with Crippen LogP contribution in [0.2, 0.25) is 0 Å². The van der Waals surface area contributed by atoms with Crippen molar-refractivity contribution in [1.29, 1.82) is 0 Å². The summed E-state index contributed by atoms with van der Waals surface area (Å²) in [5.74, 6) is 0. The Morgan fingerprint density at radius 3 is 1.00 bits per heavy atom. The summed E-state index contributed by atoms with van der Waals surface area (Å²) in [6.45, 7) is 0. The van der Waals surface area contributed by atoms with Crippen LogP contribution in [0.3, 0.4) is 0 Å². The average Bonchev–Trinajstić information content (AvgIpc) is 0.811. The molecule has 0 aromatic carbocycles. The van der Waals surface area contributed by atoms with E-state index < -0.39 is 7.32 Å². The first kappa shape index (κ1) is 22.7. The molecule has 3 nitrogen and oxygen atoms in total. The number of hydrogen-bond donors (Lipinski definition) is 0. The van der Waals surface area contributed by atoms with E-state index in [4.69, 9.17) is 15.1 Å². The Hall–Kier alpha value is 2.45. The minimum absolute atomic E-state index is 0. The monoisotopic (exact) mass is 220 g/mol. The summed E-state index contributed by atoms with van der Waals surface area (Å²) >= 11 is 0. The molecule has 0 atom stereocenters. The van der Waals surface area contributed by atoms with E-state index in [1.165, 1.54) is 0 Å². The first-order valence-corrected chi connectivity index (χ1v) is 0.707. The molecule has 0 saturated carbocycles. The van der Waals surface area contributed by atoms with E-state index >= 15 is 0 Å². The first-order valence-electron chi connectivity index (χ1n) is 0.707. The van der Waals surface area contributed by atoms with Gasteiger partial charge in [0.15, 0.2) is 0 Å². The van der Waals surface area contributed by atoms with E-state index in [-0.39, 0.29) is 75.9 Å². The van der Waals surface area contributed by atoms with Gasteiger partial charge in [-0.3, -0.25) is 7.32 Å². The summed E-state index contributed by atoms with van der Waals surface area (Å²) in [4.78, 5) is 0. The van der Waals surface area contributed by atoms with Gasteiger partial charge in [-0.2, -0.15) is 0 Å². The van der Waals surface area contributed by atoms with Crippen molar-refractivity contribution < 1.29 is 73.6 Å². The fourth-order valence-electron chi connectivity index (χ4n) is 0. The van der Waals surface area contributed by atoms with Gasteiger partial charge in [0.1, 0.15) is 0 Å². The molecule has 7 heteroatoms. The fraction of sp³-hybridized carbons (Fsp3) is 0. The van der Waals surface area contributed by atoms with Crippen molar-refractivity contribution in [3.05, 3.63) is 0 Å². The molecule has 0 unspecified atom stereocenters. The van der Waals surface area contributed by atoms with Crippen LogP contribution in [-0.4, -0.2) is 24.7 Å². The van der Waals surface area contributed by atoms with Crippen molar-refractivity contribution in [3.8, 4) is 0 Å². The summed E-state index contributed by atoms with van der Waals surface area (Å²) in [6.07, 6.45) is 0. The van der Waals surface area contributed by atoms with Crippen LogP contribution in [0.5, 0.6) is 0 Å². The zero-order valence-corrected chi connectivity index (χ0v) is 9.33. The van der Waals surface area contributed by atoms with Gasteiger partial charge < -0.3 is 15.1 Å². The number of hydrogen-bond acceptors (Lipinski definition) is 3. The molecule has 0 bridgehead atoms. The Morgan fingerprint density at radius 1 is 1.00 bits per heavy atom. The van der Waals surface area contributed by atoms with Gasteiger partial charge in [0.05, 0.1) is 0 Å². The van der Waals surface area contributed by atoms with E-state index in [9.17, 15) is 0 Å². The van der Waals surface area contributed by atoms with Crippen LogP contribution in [0.1, 0.15) is 0 Å². The molecular weight excluding hydrogens is 220 g/mol. The van der Waals surface area contributed by atoms with Crippen molar-refractivity contribution in [1.82, 2.24) is 0 Å². The van der Waals surface area contributed by atoms with Gasteiger partial charge in [-0.05, 0) is 0 Å². The molecule has 4 radical (unpaired) electrons. The van der Waals surface area contributed by atoms with Gasteiger partial charge in [0.25, 0.3) is 0 Å². The van der Waals surface area contributed by atoms with Crippen molar-refractivity contribution in [2.45, 2.75) is 0 Å².